The standard InChI is InChI=1S/C19H24F3N5O/c1-11(2)15(12(3)16(23-5)27-18(4)7-8-18)17(28)25-10-14-24-9-6-13(26-14)19(20,21)22/h6,9,27H,5,7-8,10H2,1-4H3,(H,25,28)/b16-12-. The zero-order valence-corrected chi connectivity index (χ0v) is 16.4. The molecule has 1 fully saturated rings. The molecule has 6 nitrogen and oxygen atoms in total. The zero-order valence-electron chi connectivity index (χ0n) is 16.4. The van der Waals surface area contributed by atoms with Crippen LogP contribution in [0.25, 0.3) is 0 Å². The summed E-state index contributed by atoms with van der Waals surface area (Å²) in [6.07, 6.45) is -1.55. The summed E-state index contributed by atoms with van der Waals surface area (Å²) in [7, 11) is 0. The van der Waals surface area contributed by atoms with Crippen LogP contribution in [-0.4, -0.2) is 28.1 Å². The predicted octanol–water partition coefficient (Wildman–Crippen LogP) is 3.52. The van der Waals surface area contributed by atoms with Crippen molar-refractivity contribution in [3.05, 3.63) is 46.3 Å². The molecule has 0 bridgehead atoms. The van der Waals surface area contributed by atoms with Gasteiger partial charge in [-0.1, -0.05) is 5.57 Å². The fourth-order valence-electron chi connectivity index (χ4n) is 2.63. The lowest BCUT2D eigenvalue weighted by molar-refractivity contribution is -0.141. The fraction of sp³-hybridized carbons (Fsp3) is 0.474. The molecule has 1 amide bonds. The zero-order chi connectivity index (χ0) is 21.1. The Morgan fingerprint density at radius 1 is 1.32 bits per heavy atom. The predicted molar refractivity (Wildman–Crippen MR) is 100 cm³/mol. The third kappa shape index (κ3) is 5.40. The first kappa shape index (κ1) is 21.6. The van der Waals surface area contributed by atoms with E-state index in [4.69, 9.17) is 0 Å². The Bertz CT molecular complexity index is 834. The minimum atomic E-state index is -4.57. The molecule has 0 spiro atoms. The molecule has 0 aliphatic heterocycles. The molecule has 0 aromatic carbocycles. The highest BCUT2D eigenvalue weighted by atomic mass is 19.4. The molecule has 1 aliphatic rings. The Kier molecular flexibility index (Phi) is 6.26. The van der Waals surface area contributed by atoms with Gasteiger partial charge in [-0.2, -0.15) is 13.2 Å². The molecule has 0 atom stereocenters. The summed E-state index contributed by atoms with van der Waals surface area (Å²) < 4.78 is 38.3. The number of halogens is 3. The van der Waals surface area contributed by atoms with Gasteiger partial charge in [-0.15, -0.1) is 0 Å². The summed E-state index contributed by atoms with van der Waals surface area (Å²) in [5.74, 6) is -0.0484. The third-order valence-electron chi connectivity index (χ3n) is 4.44. The average molecular weight is 395 g/mol. The Labute approximate surface area is 162 Å². The van der Waals surface area contributed by atoms with Crippen molar-refractivity contribution in [3.8, 4) is 0 Å². The molecule has 1 heterocycles. The van der Waals surface area contributed by atoms with E-state index in [1.165, 1.54) is 0 Å². The van der Waals surface area contributed by atoms with Crippen molar-refractivity contribution in [1.82, 2.24) is 20.6 Å². The van der Waals surface area contributed by atoms with Gasteiger partial charge in [0.2, 0.25) is 0 Å². The topological polar surface area (TPSA) is 79.3 Å². The highest BCUT2D eigenvalue weighted by molar-refractivity contribution is 5.98. The maximum atomic E-state index is 12.8. The van der Waals surface area contributed by atoms with Gasteiger partial charge in [0.25, 0.3) is 5.91 Å². The molecule has 0 radical (unpaired) electrons. The molecule has 2 N–H and O–H groups in total. The summed E-state index contributed by atoms with van der Waals surface area (Å²) >= 11 is 0. The Balaban J connectivity index is 2.18. The molecule has 0 unspecified atom stereocenters. The number of alkyl halides is 3. The normalized spacial score (nSPS) is 16.0. The molecule has 9 heteroatoms. The number of amides is 1. The van der Waals surface area contributed by atoms with Crippen LogP contribution in [-0.2, 0) is 17.5 Å². The van der Waals surface area contributed by atoms with Crippen LogP contribution in [0.5, 0.6) is 0 Å². The highest BCUT2D eigenvalue weighted by Gasteiger charge is 2.38. The first-order valence-corrected chi connectivity index (χ1v) is 8.78. The minimum absolute atomic E-state index is 0.0487. The van der Waals surface area contributed by atoms with Gasteiger partial charge >= 0.3 is 6.18 Å². The van der Waals surface area contributed by atoms with Gasteiger partial charge in [0.15, 0.2) is 0 Å². The van der Waals surface area contributed by atoms with Gasteiger partial charge in [0, 0.05) is 22.9 Å². The number of hydrogen-bond acceptors (Lipinski definition) is 5. The molecule has 2 rings (SSSR count). The van der Waals surface area contributed by atoms with Crippen molar-refractivity contribution < 1.29 is 18.0 Å². The van der Waals surface area contributed by atoms with E-state index in [-0.39, 0.29) is 17.9 Å². The van der Waals surface area contributed by atoms with Crippen molar-refractivity contribution in [2.24, 2.45) is 4.99 Å². The number of aliphatic imine (C=N–C) groups is 1. The van der Waals surface area contributed by atoms with Gasteiger partial charge in [-0.05, 0) is 53.3 Å². The van der Waals surface area contributed by atoms with Gasteiger partial charge in [0.1, 0.15) is 17.3 Å². The number of nitrogens with one attached hydrogen (secondary N) is 2. The van der Waals surface area contributed by atoms with Gasteiger partial charge < -0.3 is 10.6 Å². The van der Waals surface area contributed by atoms with E-state index >= 15 is 0 Å². The van der Waals surface area contributed by atoms with Gasteiger partial charge in [-0.25, -0.2) is 15.0 Å². The van der Waals surface area contributed by atoms with Crippen LogP contribution in [0.2, 0.25) is 0 Å². The van der Waals surface area contributed by atoms with Crippen molar-refractivity contribution in [1.29, 1.82) is 0 Å². The summed E-state index contributed by atoms with van der Waals surface area (Å²) in [6.45, 7) is 10.7. The molecule has 0 saturated heterocycles. The van der Waals surface area contributed by atoms with Crippen molar-refractivity contribution in [2.75, 3.05) is 0 Å². The van der Waals surface area contributed by atoms with E-state index in [0.29, 0.717) is 17.0 Å². The molecular weight excluding hydrogens is 371 g/mol. The first-order chi connectivity index (χ1) is 13.0. The lowest BCUT2D eigenvalue weighted by atomic mass is 10.0. The van der Waals surface area contributed by atoms with Crippen LogP contribution in [0, 0.1) is 0 Å². The lowest BCUT2D eigenvalue weighted by Gasteiger charge is -2.18. The molecule has 28 heavy (non-hydrogen) atoms. The number of hydrogen-bond donors (Lipinski definition) is 2. The molecule has 1 aromatic heterocycles. The van der Waals surface area contributed by atoms with Crippen LogP contribution >= 0.6 is 0 Å². The second-order valence-corrected chi connectivity index (χ2v) is 7.23. The van der Waals surface area contributed by atoms with Crippen LogP contribution < -0.4 is 10.6 Å². The number of aromatic nitrogens is 2. The maximum absolute atomic E-state index is 12.8. The number of rotatable bonds is 7. The quantitative estimate of drug-likeness (QED) is 0.421. The summed E-state index contributed by atoms with van der Waals surface area (Å²) in [4.78, 5) is 24.0. The molecule has 152 valence electrons. The largest absolute Gasteiger partial charge is 0.433 e. The smallest absolute Gasteiger partial charge is 0.365 e. The fourth-order valence-corrected chi connectivity index (χ4v) is 2.63. The maximum Gasteiger partial charge on any atom is 0.433 e. The van der Waals surface area contributed by atoms with Crippen LogP contribution in [0.4, 0.5) is 13.2 Å². The summed E-state index contributed by atoms with van der Waals surface area (Å²) in [5, 5.41) is 5.88. The van der Waals surface area contributed by atoms with E-state index in [0.717, 1.165) is 30.7 Å². The summed E-state index contributed by atoms with van der Waals surface area (Å²) in [6, 6.07) is 0.784. The minimum Gasteiger partial charge on any atom is -0.365 e. The van der Waals surface area contributed by atoms with Crippen LogP contribution in [0.3, 0.4) is 0 Å². The number of nitrogens with zero attached hydrogens (tertiary/aromatic N) is 3. The number of allylic oxidation sites excluding steroid dienone is 1. The highest BCUT2D eigenvalue weighted by Crippen LogP contribution is 2.36. The van der Waals surface area contributed by atoms with E-state index in [1.54, 1.807) is 20.8 Å². The van der Waals surface area contributed by atoms with E-state index in [9.17, 15) is 18.0 Å². The number of carbonyl (C=O) groups is 1. The average Bonchev–Trinajstić information content (AvgIpc) is 3.34. The molecule has 1 aliphatic carbocycles. The van der Waals surface area contributed by atoms with Crippen molar-refractivity contribution >= 4 is 12.6 Å². The number of carbonyl (C=O) groups excluding carboxylic acids is 1. The second kappa shape index (κ2) is 8.12. The Morgan fingerprint density at radius 3 is 2.46 bits per heavy atom. The SMILES string of the molecule is C=N/C(NC1(C)CC1)=C(\C)C(C(=O)NCc1nccc(C(F)(F)F)n1)=C(C)C. The Morgan fingerprint density at radius 2 is 1.96 bits per heavy atom. The summed E-state index contributed by atoms with van der Waals surface area (Å²) in [5.41, 5.74) is 0.651. The molecular formula is C19H24F3N5O. The van der Waals surface area contributed by atoms with Crippen molar-refractivity contribution in [2.45, 2.75) is 58.8 Å². The van der Waals surface area contributed by atoms with Crippen LogP contribution in [0.1, 0.15) is 52.1 Å². The Hall–Kier alpha value is -2.71. The van der Waals surface area contributed by atoms with E-state index in [2.05, 4.69) is 39.2 Å². The first-order valence-electron chi connectivity index (χ1n) is 8.78. The van der Waals surface area contributed by atoms with Crippen molar-refractivity contribution in [3.63, 3.8) is 0 Å². The van der Waals surface area contributed by atoms with E-state index < -0.39 is 17.8 Å². The van der Waals surface area contributed by atoms with E-state index in [1.807, 2.05) is 0 Å². The molecule has 1 aromatic rings. The van der Waals surface area contributed by atoms with Gasteiger partial charge in [-0.3, -0.25) is 4.79 Å². The lowest BCUT2D eigenvalue weighted by Crippen LogP contribution is -2.30. The van der Waals surface area contributed by atoms with Gasteiger partial charge in [0.05, 0.1) is 6.54 Å². The second-order valence-electron chi connectivity index (χ2n) is 7.23. The monoisotopic (exact) mass is 395 g/mol. The third-order valence-corrected chi connectivity index (χ3v) is 4.44. The van der Waals surface area contributed by atoms with Crippen LogP contribution in [0.15, 0.2) is 39.8 Å². The molecule has 1 saturated carbocycles.